The minimum atomic E-state index is -0.239. The highest BCUT2D eigenvalue weighted by molar-refractivity contribution is 5.75. The van der Waals surface area contributed by atoms with Gasteiger partial charge in [-0.3, -0.25) is 4.90 Å². The van der Waals surface area contributed by atoms with Crippen LogP contribution in [0, 0.1) is 0 Å². The van der Waals surface area contributed by atoms with Crippen LogP contribution in [0.25, 0.3) is 0 Å². The zero-order valence-corrected chi connectivity index (χ0v) is 26.5. The van der Waals surface area contributed by atoms with Gasteiger partial charge in [-0.25, -0.2) is 4.79 Å². The highest BCUT2D eigenvalue weighted by atomic mass is 16.6. The van der Waals surface area contributed by atoms with Crippen LogP contribution in [-0.4, -0.2) is 57.2 Å². The van der Waals surface area contributed by atoms with Gasteiger partial charge < -0.3 is 33.9 Å². The average molecular weight is 620 g/mol. The third-order valence-corrected chi connectivity index (χ3v) is 9.84. The van der Waals surface area contributed by atoms with Crippen LogP contribution in [0.1, 0.15) is 45.5 Å². The second-order valence-corrected chi connectivity index (χ2v) is 12.4. The van der Waals surface area contributed by atoms with E-state index in [4.69, 9.17) is 23.7 Å². The molecule has 0 saturated heterocycles. The van der Waals surface area contributed by atoms with Gasteiger partial charge in [-0.05, 0) is 103 Å². The molecule has 0 aliphatic carbocycles. The van der Waals surface area contributed by atoms with E-state index < -0.39 is 0 Å². The number of methoxy groups -OCH3 is 2. The first-order valence-corrected chi connectivity index (χ1v) is 15.8. The second kappa shape index (κ2) is 11.2. The monoisotopic (exact) mass is 619 g/mol. The van der Waals surface area contributed by atoms with Crippen molar-refractivity contribution in [3.63, 3.8) is 0 Å². The van der Waals surface area contributed by atoms with E-state index in [2.05, 4.69) is 47.6 Å². The van der Waals surface area contributed by atoms with Crippen LogP contribution in [0.5, 0.6) is 46.0 Å². The normalized spacial score (nSPS) is 19.3. The zero-order valence-electron chi connectivity index (χ0n) is 26.5. The molecule has 9 rings (SSSR count). The molecule has 1 N–H and O–H groups in total. The summed E-state index contributed by atoms with van der Waals surface area (Å²) < 4.78 is 31.5. The van der Waals surface area contributed by atoms with E-state index >= 15 is 0 Å². The number of nitrogens with one attached hydrogen (secondary N) is 1. The largest absolute Gasteiger partial charge is 0.493 e. The summed E-state index contributed by atoms with van der Waals surface area (Å²) >= 11 is 0. The van der Waals surface area contributed by atoms with E-state index in [1.807, 2.05) is 35.2 Å². The van der Waals surface area contributed by atoms with E-state index in [9.17, 15) is 4.79 Å². The number of rotatable bonds is 2. The molecule has 4 aromatic carbocycles. The maximum absolute atomic E-state index is 13.2. The number of carbonyl (C=O) groups excluding carboxylic acids is 1. The number of ether oxygens (including phenoxy) is 5. The lowest BCUT2D eigenvalue weighted by Crippen LogP contribution is -2.45. The van der Waals surface area contributed by atoms with Crippen LogP contribution in [0.4, 0.5) is 4.79 Å². The molecule has 0 unspecified atom stereocenters. The predicted octanol–water partition coefficient (Wildman–Crippen LogP) is 6.96. The minimum absolute atomic E-state index is 0.0603. The summed E-state index contributed by atoms with van der Waals surface area (Å²) in [5.74, 6) is 5.28. The minimum Gasteiger partial charge on any atom is -0.493 e. The number of hydrogen-bond acceptors (Lipinski definition) is 7. The molecule has 0 radical (unpaired) electrons. The van der Waals surface area contributed by atoms with Crippen LogP contribution in [0.3, 0.4) is 0 Å². The van der Waals surface area contributed by atoms with Crippen molar-refractivity contribution in [2.45, 2.75) is 37.8 Å². The summed E-state index contributed by atoms with van der Waals surface area (Å²) in [5.41, 5.74) is 6.70. The van der Waals surface area contributed by atoms with Crippen molar-refractivity contribution < 1.29 is 28.5 Å². The molecule has 9 nitrogen and oxygen atoms in total. The quantitative estimate of drug-likeness (QED) is 0.229. The van der Waals surface area contributed by atoms with Crippen molar-refractivity contribution in [1.82, 2.24) is 15.1 Å². The fraction of sp³-hybridized carbons (Fsp3) is 0.324. The van der Waals surface area contributed by atoms with Gasteiger partial charge in [0, 0.05) is 31.7 Å². The van der Waals surface area contributed by atoms with Gasteiger partial charge in [-0.15, -0.1) is 0 Å². The molecule has 5 heterocycles. The van der Waals surface area contributed by atoms with Gasteiger partial charge in [0.25, 0.3) is 0 Å². The smallest absolute Gasteiger partial charge is 0.317 e. The molecule has 5 aliphatic heterocycles. The lowest BCUT2D eigenvalue weighted by molar-refractivity contribution is 0.170. The second-order valence-electron chi connectivity index (χ2n) is 12.4. The number of carbonyl (C=O) groups is 1. The van der Waals surface area contributed by atoms with Crippen molar-refractivity contribution in [1.29, 1.82) is 0 Å². The molecule has 46 heavy (non-hydrogen) atoms. The summed E-state index contributed by atoms with van der Waals surface area (Å²) in [7, 11) is 7.16. The van der Waals surface area contributed by atoms with Gasteiger partial charge in [0.2, 0.25) is 5.75 Å². The highest BCUT2D eigenvalue weighted by Crippen LogP contribution is 2.56. The molecule has 7 bridgehead atoms. The Balaban J connectivity index is 1.34. The van der Waals surface area contributed by atoms with Crippen molar-refractivity contribution >= 4 is 6.03 Å². The first-order valence-electron chi connectivity index (χ1n) is 15.8. The van der Waals surface area contributed by atoms with Crippen LogP contribution in [0.2, 0.25) is 0 Å². The molecule has 4 aromatic rings. The third kappa shape index (κ3) is 4.69. The van der Waals surface area contributed by atoms with Gasteiger partial charge in [0.1, 0.15) is 5.75 Å². The molecular weight excluding hydrogens is 582 g/mol. The molecule has 0 saturated carbocycles. The topological polar surface area (TPSA) is 81.7 Å². The van der Waals surface area contributed by atoms with Gasteiger partial charge in [0.15, 0.2) is 34.5 Å². The SMILES string of the molecule is CNC(=O)N1CCc2cc3c4cc2[C@@H]1Cc1ccc(OC)c(c1)Oc1ccc(cc1)C[C@H]1c2c(cc(OC)c(c2O4)O3)CCN1C. The number of benzene rings is 4. The number of fused-ring (bicyclic) bond motifs is 2. The summed E-state index contributed by atoms with van der Waals surface area (Å²) in [6, 6.07) is 20.2. The fourth-order valence-electron chi connectivity index (χ4n) is 7.42. The molecule has 236 valence electrons. The van der Waals surface area contributed by atoms with Crippen LogP contribution < -0.4 is 29.0 Å². The summed E-state index contributed by atoms with van der Waals surface area (Å²) in [4.78, 5) is 17.5. The van der Waals surface area contributed by atoms with Crippen molar-refractivity contribution in [3.8, 4) is 46.0 Å². The Morgan fingerprint density at radius 3 is 2.26 bits per heavy atom. The van der Waals surface area contributed by atoms with Crippen molar-refractivity contribution in [3.05, 3.63) is 94.0 Å². The molecule has 2 amide bonds. The van der Waals surface area contributed by atoms with E-state index in [1.165, 1.54) is 11.1 Å². The Morgan fingerprint density at radius 1 is 0.761 bits per heavy atom. The molecule has 5 aliphatic rings. The average Bonchev–Trinajstić information content (AvgIpc) is 3.07. The van der Waals surface area contributed by atoms with E-state index in [0.717, 1.165) is 47.4 Å². The number of nitrogens with zero attached hydrogens (tertiary/aromatic N) is 2. The lowest BCUT2D eigenvalue weighted by atomic mass is 9.86. The molecule has 9 heteroatoms. The van der Waals surface area contributed by atoms with E-state index in [0.29, 0.717) is 59.6 Å². The van der Waals surface area contributed by atoms with Gasteiger partial charge in [-0.2, -0.15) is 0 Å². The molecule has 0 spiro atoms. The number of amides is 2. The van der Waals surface area contributed by atoms with Gasteiger partial charge >= 0.3 is 6.03 Å². The fourth-order valence-corrected chi connectivity index (χ4v) is 7.42. The van der Waals surface area contributed by atoms with Crippen molar-refractivity contribution in [2.24, 2.45) is 0 Å². The molecule has 0 aromatic heterocycles. The Hall–Kier alpha value is -4.89. The summed E-state index contributed by atoms with van der Waals surface area (Å²) in [6.45, 7) is 1.49. The third-order valence-electron chi connectivity index (χ3n) is 9.84. The maximum atomic E-state index is 13.2. The van der Waals surface area contributed by atoms with E-state index in [-0.39, 0.29) is 18.1 Å². The lowest BCUT2D eigenvalue weighted by Gasteiger charge is -2.39. The Bertz CT molecular complexity index is 1860. The van der Waals surface area contributed by atoms with E-state index in [1.54, 1.807) is 21.3 Å². The van der Waals surface area contributed by atoms with Crippen LogP contribution in [-0.2, 0) is 25.7 Å². The Kier molecular flexibility index (Phi) is 6.94. The molecule has 0 fully saturated rings. The zero-order chi connectivity index (χ0) is 31.5. The Labute approximate surface area is 268 Å². The van der Waals surface area contributed by atoms with Gasteiger partial charge in [0.05, 0.1) is 20.3 Å². The maximum Gasteiger partial charge on any atom is 0.317 e. The Morgan fingerprint density at radius 2 is 1.48 bits per heavy atom. The number of urea groups is 1. The molecular formula is C37H37N3O6. The highest BCUT2D eigenvalue weighted by Gasteiger charge is 2.38. The first-order chi connectivity index (χ1) is 22.4. The first kappa shape index (κ1) is 28.6. The number of likely N-dealkylation sites (N-methyl/N-ethyl adjacent to an activating group) is 1. The number of hydrogen-bond donors (Lipinski definition) is 1. The van der Waals surface area contributed by atoms with Gasteiger partial charge in [-0.1, -0.05) is 18.2 Å². The predicted molar refractivity (Wildman–Crippen MR) is 173 cm³/mol. The molecule has 2 atom stereocenters. The summed E-state index contributed by atoms with van der Waals surface area (Å²) in [6.07, 6.45) is 2.93. The van der Waals surface area contributed by atoms with Crippen LogP contribution >= 0.6 is 0 Å². The summed E-state index contributed by atoms with van der Waals surface area (Å²) in [5, 5.41) is 2.85. The van der Waals surface area contributed by atoms with Crippen molar-refractivity contribution in [2.75, 3.05) is 41.4 Å². The standard InChI is InChI=1S/C37H37N3O6/c1-38-37(41)40-14-12-23-18-31-32-20-26(23)27(40)16-22-7-10-29(42-3)30(17-22)44-25-8-5-21(6-9-25)15-28-34-24(11-13-39(28)2)19-33(43-4)35(45-31)36(34)46-32/h5-10,17-20,27-28H,11-16H2,1-4H3,(H,38,41)/t27-,28-/m0/s1. The van der Waals surface area contributed by atoms with Crippen LogP contribution in [0.15, 0.2) is 60.7 Å².